The number of carbonyl (C=O) groups excluding carboxylic acids is 1. The standard InChI is InChI=1S/C12H17F3N2O3/c1-16(6-8-2-3-8)10(20)17-5-4-11(7-17,9(18)19)12(13,14)15/h8H,2-7H2,1H3,(H,18,19). The number of halogens is 3. The maximum atomic E-state index is 13.0. The molecule has 114 valence electrons. The van der Waals surface area contributed by atoms with E-state index in [4.69, 9.17) is 5.11 Å². The Balaban J connectivity index is 2.06. The predicted molar refractivity (Wildman–Crippen MR) is 63.1 cm³/mol. The lowest BCUT2D eigenvalue weighted by Crippen LogP contribution is -2.49. The fraction of sp³-hybridized carbons (Fsp3) is 0.833. The van der Waals surface area contributed by atoms with E-state index < -0.39 is 36.6 Å². The molecule has 8 heteroatoms. The number of amides is 2. The highest BCUT2D eigenvalue weighted by Crippen LogP contribution is 2.46. The summed E-state index contributed by atoms with van der Waals surface area (Å²) in [5.74, 6) is -1.48. The summed E-state index contributed by atoms with van der Waals surface area (Å²) in [4.78, 5) is 25.4. The molecule has 2 fully saturated rings. The summed E-state index contributed by atoms with van der Waals surface area (Å²) < 4.78 is 39.0. The van der Waals surface area contributed by atoms with Crippen LogP contribution < -0.4 is 0 Å². The summed E-state index contributed by atoms with van der Waals surface area (Å²) in [5, 5.41) is 8.92. The number of alkyl halides is 3. The van der Waals surface area contributed by atoms with Gasteiger partial charge in [-0.25, -0.2) is 4.79 Å². The molecule has 2 rings (SSSR count). The Morgan fingerprint density at radius 2 is 2.00 bits per heavy atom. The Morgan fingerprint density at radius 3 is 2.40 bits per heavy atom. The van der Waals surface area contributed by atoms with Gasteiger partial charge >= 0.3 is 18.2 Å². The third-order valence-electron chi connectivity index (χ3n) is 4.05. The van der Waals surface area contributed by atoms with E-state index in [1.807, 2.05) is 0 Å². The fourth-order valence-electron chi connectivity index (χ4n) is 2.51. The number of carboxylic acid groups (broad SMARTS) is 1. The first-order chi connectivity index (χ1) is 9.17. The minimum Gasteiger partial charge on any atom is -0.481 e. The van der Waals surface area contributed by atoms with Gasteiger partial charge in [-0.15, -0.1) is 0 Å². The van der Waals surface area contributed by atoms with Crippen LogP contribution in [0.4, 0.5) is 18.0 Å². The molecule has 0 radical (unpaired) electrons. The third kappa shape index (κ3) is 2.55. The van der Waals surface area contributed by atoms with E-state index in [9.17, 15) is 22.8 Å². The van der Waals surface area contributed by atoms with Gasteiger partial charge in [0, 0.05) is 26.7 Å². The van der Waals surface area contributed by atoms with Gasteiger partial charge in [0.15, 0.2) is 5.41 Å². The lowest BCUT2D eigenvalue weighted by atomic mass is 9.86. The van der Waals surface area contributed by atoms with Crippen molar-refractivity contribution >= 4 is 12.0 Å². The average molecular weight is 294 g/mol. The van der Waals surface area contributed by atoms with Gasteiger partial charge in [0.2, 0.25) is 0 Å². The quantitative estimate of drug-likeness (QED) is 0.863. The molecule has 2 amide bonds. The van der Waals surface area contributed by atoms with E-state index in [0.29, 0.717) is 12.5 Å². The van der Waals surface area contributed by atoms with Crippen LogP contribution in [0, 0.1) is 11.3 Å². The number of carbonyl (C=O) groups is 2. The van der Waals surface area contributed by atoms with Crippen LogP contribution in [-0.2, 0) is 4.79 Å². The van der Waals surface area contributed by atoms with E-state index in [-0.39, 0.29) is 6.54 Å². The minimum absolute atomic E-state index is 0.181. The number of hydrogen-bond donors (Lipinski definition) is 1. The Morgan fingerprint density at radius 1 is 1.40 bits per heavy atom. The van der Waals surface area contributed by atoms with Crippen LogP contribution in [-0.4, -0.2) is 59.8 Å². The second-order valence-corrected chi connectivity index (χ2v) is 5.66. The Labute approximate surface area is 114 Å². The van der Waals surface area contributed by atoms with Crippen LogP contribution in [0.5, 0.6) is 0 Å². The van der Waals surface area contributed by atoms with Crippen molar-refractivity contribution in [3.05, 3.63) is 0 Å². The second kappa shape index (κ2) is 4.82. The number of urea groups is 1. The zero-order valence-electron chi connectivity index (χ0n) is 11.1. The molecule has 1 heterocycles. The second-order valence-electron chi connectivity index (χ2n) is 5.66. The molecule has 1 atom stereocenters. The van der Waals surface area contributed by atoms with Gasteiger partial charge in [-0.3, -0.25) is 4.79 Å². The van der Waals surface area contributed by atoms with E-state index in [1.165, 1.54) is 11.9 Å². The SMILES string of the molecule is CN(CC1CC1)C(=O)N1CCC(C(=O)O)(C(F)(F)F)C1. The van der Waals surface area contributed by atoms with E-state index >= 15 is 0 Å². The highest BCUT2D eigenvalue weighted by molar-refractivity contribution is 5.80. The van der Waals surface area contributed by atoms with Crippen molar-refractivity contribution in [2.24, 2.45) is 11.3 Å². The van der Waals surface area contributed by atoms with Crippen molar-refractivity contribution < 1.29 is 27.9 Å². The van der Waals surface area contributed by atoms with Crippen molar-refractivity contribution in [3.8, 4) is 0 Å². The van der Waals surface area contributed by atoms with Crippen molar-refractivity contribution in [2.75, 3.05) is 26.7 Å². The van der Waals surface area contributed by atoms with Crippen molar-refractivity contribution in [3.63, 3.8) is 0 Å². The maximum Gasteiger partial charge on any atom is 0.406 e. The summed E-state index contributed by atoms with van der Waals surface area (Å²) >= 11 is 0. The molecule has 1 aliphatic heterocycles. The van der Waals surface area contributed by atoms with Crippen LogP contribution in [0.1, 0.15) is 19.3 Å². The lowest BCUT2D eigenvalue weighted by Gasteiger charge is -2.29. The molecule has 1 saturated heterocycles. The minimum atomic E-state index is -4.86. The molecule has 0 bridgehead atoms. The Hall–Kier alpha value is -1.47. The molecule has 1 saturated carbocycles. The summed E-state index contributed by atoms with van der Waals surface area (Å²) in [7, 11) is 1.54. The largest absolute Gasteiger partial charge is 0.481 e. The van der Waals surface area contributed by atoms with Crippen LogP contribution in [0.2, 0.25) is 0 Å². The number of hydrogen-bond acceptors (Lipinski definition) is 2. The number of rotatable bonds is 3. The van der Waals surface area contributed by atoms with E-state index in [2.05, 4.69) is 0 Å². The molecular formula is C12H17F3N2O3. The molecular weight excluding hydrogens is 277 g/mol. The zero-order chi connectivity index (χ0) is 15.1. The van der Waals surface area contributed by atoms with Crippen LogP contribution in [0.25, 0.3) is 0 Å². The molecule has 1 unspecified atom stereocenters. The molecule has 0 aromatic heterocycles. The predicted octanol–water partition coefficient (Wildman–Crippen LogP) is 1.79. The van der Waals surface area contributed by atoms with Gasteiger partial charge in [0.05, 0.1) is 0 Å². The zero-order valence-corrected chi connectivity index (χ0v) is 11.1. The van der Waals surface area contributed by atoms with Crippen molar-refractivity contribution in [1.29, 1.82) is 0 Å². The van der Waals surface area contributed by atoms with Gasteiger partial charge in [-0.2, -0.15) is 13.2 Å². The first-order valence-corrected chi connectivity index (χ1v) is 6.47. The molecule has 2 aliphatic rings. The molecule has 0 spiro atoms. The molecule has 0 aromatic rings. The normalized spacial score (nSPS) is 26.7. The number of likely N-dealkylation sites (tertiary alicyclic amines) is 1. The highest BCUT2D eigenvalue weighted by Gasteiger charge is 2.64. The molecule has 20 heavy (non-hydrogen) atoms. The topological polar surface area (TPSA) is 60.9 Å². The van der Waals surface area contributed by atoms with E-state index in [1.54, 1.807) is 0 Å². The Kier molecular flexibility index (Phi) is 3.60. The first kappa shape index (κ1) is 14.9. The van der Waals surface area contributed by atoms with Gasteiger partial charge in [0.25, 0.3) is 0 Å². The smallest absolute Gasteiger partial charge is 0.406 e. The summed E-state index contributed by atoms with van der Waals surface area (Å²) in [6, 6.07) is -0.524. The average Bonchev–Trinajstić information content (AvgIpc) is 3.01. The van der Waals surface area contributed by atoms with E-state index in [0.717, 1.165) is 17.7 Å². The van der Waals surface area contributed by atoms with Gasteiger partial charge in [0.1, 0.15) is 0 Å². The summed E-state index contributed by atoms with van der Waals surface area (Å²) in [6.07, 6.45) is -3.39. The van der Waals surface area contributed by atoms with Crippen molar-refractivity contribution in [1.82, 2.24) is 9.80 Å². The summed E-state index contributed by atoms with van der Waals surface area (Å²) in [5.41, 5.74) is -2.83. The van der Waals surface area contributed by atoms with Crippen LogP contribution in [0.15, 0.2) is 0 Å². The Bertz CT molecular complexity index is 423. The number of aliphatic carboxylic acids is 1. The molecule has 1 N–H and O–H groups in total. The van der Waals surface area contributed by atoms with Crippen LogP contribution in [0.3, 0.4) is 0 Å². The lowest BCUT2D eigenvalue weighted by molar-refractivity contribution is -0.227. The molecule has 1 aliphatic carbocycles. The number of nitrogens with zero attached hydrogens (tertiary/aromatic N) is 2. The monoisotopic (exact) mass is 294 g/mol. The molecule has 0 aromatic carbocycles. The van der Waals surface area contributed by atoms with Crippen molar-refractivity contribution in [2.45, 2.75) is 25.4 Å². The number of carboxylic acids is 1. The highest BCUT2D eigenvalue weighted by atomic mass is 19.4. The van der Waals surface area contributed by atoms with Crippen LogP contribution >= 0.6 is 0 Å². The summed E-state index contributed by atoms with van der Waals surface area (Å²) in [6.45, 7) is -0.471. The van der Waals surface area contributed by atoms with Gasteiger partial charge < -0.3 is 14.9 Å². The third-order valence-corrected chi connectivity index (χ3v) is 4.05. The molecule has 5 nitrogen and oxygen atoms in total. The van der Waals surface area contributed by atoms with Gasteiger partial charge in [-0.1, -0.05) is 0 Å². The fourth-order valence-corrected chi connectivity index (χ4v) is 2.51. The first-order valence-electron chi connectivity index (χ1n) is 6.47. The van der Waals surface area contributed by atoms with Gasteiger partial charge in [-0.05, 0) is 25.2 Å². The maximum absolute atomic E-state index is 13.0.